The molecule has 0 aliphatic rings. The van der Waals surface area contributed by atoms with Crippen LogP contribution in [-0.2, 0) is 14.3 Å². The minimum Gasteiger partial charge on any atom is -0.482 e. The van der Waals surface area contributed by atoms with E-state index in [0.717, 1.165) is 0 Å². The molecule has 1 heterocycles. The Kier molecular flexibility index (Phi) is 9.24. The molecule has 0 unspecified atom stereocenters. The number of rotatable bonds is 10. The van der Waals surface area contributed by atoms with Crippen molar-refractivity contribution in [3.63, 3.8) is 0 Å². The summed E-state index contributed by atoms with van der Waals surface area (Å²) in [5.74, 6) is -0.167. The van der Waals surface area contributed by atoms with Crippen molar-refractivity contribution in [2.45, 2.75) is 32.9 Å². The lowest BCUT2D eigenvalue weighted by Crippen LogP contribution is -2.45. The van der Waals surface area contributed by atoms with E-state index in [4.69, 9.17) is 25.5 Å². The van der Waals surface area contributed by atoms with Crippen LogP contribution in [0.1, 0.15) is 36.9 Å². The summed E-state index contributed by atoms with van der Waals surface area (Å²) in [5, 5.41) is 6.77. The summed E-state index contributed by atoms with van der Waals surface area (Å²) in [7, 11) is 0. The zero-order valence-corrected chi connectivity index (χ0v) is 20.7. The molecular formula is C26H26ClN3O6. The Labute approximate surface area is 213 Å². The number of para-hydroxylation sites is 1. The fourth-order valence-corrected chi connectivity index (χ4v) is 3.16. The van der Waals surface area contributed by atoms with Gasteiger partial charge in [-0.25, -0.2) is 10.2 Å². The van der Waals surface area contributed by atoms with Gasteiger partial charge in [0.1, 0.15) is 23.3 Å². The molecule has 0 aliphatic carbocycles. The maximum absolute atomic E-state index is 12.2. The van der Waals surface area contributed by atoms with Crippen molar-refractivity contribution in [3.05, 3.63) is 77.0 Å². The average Bonchev–Trinajstić information content (AvgIpc) is 3.32. The predicted octanol–water partition coefficient (Wildman–Crippen LogP) is 4.20. The van der Waals surface area contributed by atoms with Gasteiger partial charge in [-0.05, 0) is 57.2 Å². The molecular weight excluding hydrogens is 486 g/mol. The summed E-state index contributed by atoms with van der Waals surface area (Å²) in [6.07, 6.45) is 1.11. The number of nitrogens with zero attached hydrogens (tertiary/aromatic N) is 1. The van der Waals surface area contributed by atoms with Crippen molar-refractivity contribution in [2.24, 2.45) is 5.10 Å². The van der Waals surface area contributed by atoms with Gasteiger partial charge < -0.3 is 19.2 Å². The molecule has 3 rings (SSSR count). The number of amides is 2. The number of furan rings is 1. The van der Waals surface area contributed by atoms with Gasteiger partial charge in [-0.3, -0.25) is 9.59 Å². The molecule has 3 aromatic rings. The first-order valence-corrected chi connectivity index (χ1v) is 11.5. The van der Waals surface area contributed by atoms with Crippen LogP contribution in [0.15, 0.2) is 70.2 Å². The molecule has 2 aromatic carbocycles. The summed E-state index contributed by atoms with van der Waals surface area (Å²) in [6, 6.07) is 16.2. The maximum Gasteiger partial charge on any atom is 0.338 e. The minimum absolute atomic E-state index is 0.222. The molecule has 0 saturated heterocycles. The third kappa shape index (κ3) is 7.71. The summed E-state index contributed by atoms with van der Waals surface area (Å²) >= 11 is 5.98. The average molecular weight is 512 g/mol. The van der Waals surface area contributed by atoms with Crippen LogP contribution in [0.4, 0.5) is 0 Å². The standard InChI is InChI=1S/C26H26ClN3O6/c1-16(2)35-26(33)19-8-6-7-18(13-19)22-12-11-20(36-22)14-28-30-25(32)17(3)29-24(31)15-34-23-10-5-4-9-21(23)27/h4-14,16-17H,15H2,1-3H3,(H,29,31)(H,30,32)/b28-14-/t17-/m1/s1. The van der Waals surface area contributed by atoms with Crippen molar-refractivity contribution in [2.75, 3.05) is 6.61 Å². The Hall–Kier alpha value is -4.11. The van der Waals surface area contributed by atoms with Crippen LogP contribution in [0.2, 0.25) is 5.02 Å². The van der Waals surface area contributed by atoms with E-state index in [1.807, 2.05) is 0 Å². The van der Waals surface area contributed by atoms with E-state index in [-0.39, 0.29) is 12.7 Å². The third-order valence-corrected chi connectivity index (χ3v) is 5.00. The SMILES string of the molecule is CC(C)OC(=O)c1cccc(-c2ccc(/C=N\NC(=O)[C@@H](C)NC(=O)COc3ccccc3Cl)o2)c1. The minimum atomic E-state index is -0.856. The number of hydrogen-bond acceptors (Lipinski definition) is 7. The molecule has 1 atom stereocenters. The number of nitrogens with one attached hydrogen (secondary N) is 2. The molecule has 2 N–H and O–H groups in total. The normalized spacial score (nSPS) is 11.8. The highest BCUT2D eigenvalue weighted by Crippen LogP contribution is 2.24. The number of esters is 1. The number of carbonyl (C=O) groups excluding carboxylic acids is 3. The summed E-state index contributed by atoms with van der Waals surface area (Å²) < 4.78 is 16.3. The van der Waals surface area contributed by atoms with Crippen LogP contribution in [0.5, 0.6) is 5.75 Å². The first-order valence-electron chi connectivity index (χ1n) is 11.1. The summed E-state index contributed by atoms with van der Waals surface area (Å²) in [5.41, 5.74) is 3.44. The number of hydrogen-bond donors (Lipinski definition) is 2. The van der Waals surface area contributed by atoms with Gasteiger partial charge in [-0.15, -0.1) is 0 Å². The van der Waals surface area contributed by atoms with E-state index in [1.54, 1.807) is 74.5 Å². The first kappa shape index (κ1) is 26.5. The van der Waals surface area contributed by atoms with Crippen molar-refractivity contribution in [1.29, 1.82) is 0 Å². The molecule has 0 saturated carbocycles. The molecule has 36 heavy (non-hydrogen) atoms. The number of carbonyl (C=O) groups is 3. The largest absolute Gasteiger partial charge is 0.482 e. The van der Waals surface area contributed by atoms with Crippen molar-refractivity contribution >= 4 is 35.6 Å². The Morgan fingerprint density at radius 1 is 1.06 bits per heavy atom. The topological polar surface area (TPSA) is 119 Å². The maximum atomic E-state index is 12.2. The van der Waals surface area contributed by atoms with Gasteiger partial charge in [0.15, 0.2) is 6.61 Å². The van der Waals surface area contributed by atoms with Crippen LogP contribution in [-0.4, -0.2) is 42.8 Å². The second-order valence-corrected chi connectivity index (χ2v) is 8.39. The molecule has 0 fully saturated rings. The van der Waals surface area contributed by atoms with E-state index < -0.39 is 23.8 Å². The van der Waals surface area contributed by atoms with Crippen molar-refractivity contribution < 1.29 is 28.3 Å². The van der Waals surface area contributed by atoms with E-state index in [2.05, 4.69) is 15.8 Å². The Balaban J connectivity index is 1.50. The second-order valence-electron chi connectivity index (χ2n) is 7.98. The fraction of sp³-hybridized carbons (Fsp3) is 0.231. The first-order chi connectivity index (χ1) is 17.2. The summed E-state index contributed by atoms with van der Waals surface area (Å²) in [6.45, 7) is 4.78. The number of ether oxygens (including phenoxy) is 2. The molecule has 1 aromatic heterocycles. The number of halogens is 1. The monoisotopic (exact) mass is 511 g/mol. The Bertz CT molecular complexity index is 1250. The van der Waals surface area contributed by atoms with E-state index >= 15 is 0 Å². The summed E-state index contributed by atoms with van der Waals surface area (Å²) in [4.78, 5) is 36.4. The molecule has 9 nitrogen and oxygen atoms in total. The molecule has 10 heteroatoms. The Morgan fingerprint density at radius 3 is 2.58 bits per heavy atom. The van der Waals surface area contributed by atoms with Crippen molar-refractivity contribution in [1.82, 2.24) is 10.7 Å². The van der Waals surface area contributed by atoms with Gasteiger partial charge in [-0.2, -0.15) is 5.10 Å². The second kappa shape index (κ2) is 12.6. The van der Waals surface area contributed by atoms with Crippen LogP contribution in [0.25, 0.3) is 11.3 Å². The zero-order chi connectivity index (χ0) is 26.1. The Morgan fingerprint density at radius 2 is 1.83 bits per heavy atom. The highest BCUT2D eigenvalue weighted by atomic mass is 35.5. The van der Waals surface area contributed by atoms with Crippen LogP contribution in [0.3, 0.4) is 0 Å². The van der Waals surface area contributed by atoms with Gasteiger partial charge in [0.25, 0.3) is 11.8 Å². The zero-order valence-electron chi connectivity index (χ0n) is 20.0. The lowest BCUT2D eigenvalue weighted by atomic mass is 10.1. The lowest BCUT2D eigenvalue weighted by Gasteiger charge is -2.13. The van der Waals surface area contributed by atoms with E-state index in [1.165, 1.54) is 13.1 Å². The third-order valence-electron chi connectivity index (χ3n) is 4.69. The molecule has 0 aliphatic heterocycles. The fourth-order valence-electron chi connectivity index (χ4n) is 2.97. The number of benzene rings is 2. The smallest absolute Gasteiger partial charge is 0.338 e. The quantitative estimate of drug-likeness (QED) is 0.239. The van der Waals surface area contributed by atoms with Gasteiger partial charge in [-0.1, -0.05) is 35.9 Å². The lowest BCUT2D eigenvalue weighted by molar-refractivity contribution is -0.129. The molecule has 0 spiro atoms. The van der Waals surface area contributed by atoms with Crippen LogP contribution >= 0.6 is 11.6 Å². The molecule has 0 radical (unpaired) electrons. The molecule has 2 amide bonds. The van der Waals surface area contributed by atoms with Crippen LogP contribution < -0.4 is 15.5 Å². The van der Waals surface area contributed by atoms with E-state index in [9.17, 15) is 14.4 Å². The predicted molar refractivity (Wildman–Crippen MR) is 135 cm³/mol. The molecule has 188 valence electrons. The van der Waals surface area contributed by atoms with Gasteiger partial charge in [0.05, 0.1) is 22.9 Å². The van der Waals surface area contributed by atoms with Gasteiger partial charge in [0.2, 0.25) is 0 Å². The molecule has 0 bridgehead atoms. The highest BCUT2D eigenvalue weighted by molar-refractivity contribution is 6.32. The van der Waals surface area contributed by atoms with Crippen molar-refractivity contribution in [3.8, 4) is 17.1 Å². The number of hydrazone groups is 1. The van der Waals surface area contributed by atoms with E-state index in [0.29, 0.717) is 33.4 Å². The van der Waals surface area contributed by atoms with Crippen LogP contribution in [0, 0.1) is 0 Å². The van der Waals surface area contributed by atoms with Gasteiger partial charge in [0, 0.05) is 5.56 Å². The van der Waals surface area contributed by atoms with Gasteiger partial charge >= 0.3 is 5.97 Å². The highest BCUT2D eigenvalue weighted by Gasteiger charge is 2.16.